The lowest BCUT2D eigenvalue weighted by atomic mass is 9.85. The molecule has 4 nitrogen and oxygen atoms in total. The van der Waals surface area contributed by atoms with Gasteiger partial charge in [-0.25, -0.2) is 0 Å². The largest absolute Gasteiger partial charge is 0.293 e. The summed E-state index contributed by atoms with van der Waals surface area (Å²) in [6, 6.07) is 53.8. The van der Waals surface area contributed by atoms with Gasteiger partial charge in [-0.3, -0.25) is 21.6 Å². The highest BCUT2D eigenvalue weighted by Crippen LogP contribution is 2.45. The molecule has 0 aromatic heterocycles. The third kappa shape index (κ3) is 6.24. The van der Waals surface area contributed by atoms with Crippen LogP contribution in [0.25, 0.3) is 75.8 Å². The van der Waals surface area contributed by atoms with Crippen LogP contribution in [0, 0.1) is 21.6 Å². The first kappa shape index (κ1) is 36.1. The summed E-state index contributed by atoms with van der Waals surface area (Å²) in [5, 5.41) is 50.6. The molecule has 10 rings (SSSR count). The zero-order chi connectivity index (χ0) is 39.2. The van der Waals surface area contributed by atoms with Gasteiger partial charge in [0.2, 0.25) is 0 Å². The summed E-state index contributed by atoms with van der Waals surface area (Å²) in [7, 11) is 0. The fourth-order valence-electron chi connectivity index (χ4n) is 8.08. The second-order valence-electron chi connectivity index (χ2n) is 14.0. The Bertz CT molecular complexity index is 3010. The van der Waals surface area contributed by atoms with Crippen LogP contribution in [-0.4, -0.2) is 20.2 Å². The van der Waals surface area contributed by atoms with Gasteiger partial charge in [-0.2, -0.15) is 0 Å². The summed E-state index contributed by atoms with van der Waals surface area (Å²) in [6.07, 6.45) is 1.75. The number of benzene rings is 10. The normalized spacial score (nSPS) is 11.4. The standard InChI is InChI=1S/C48H30N4S2.C3H6/c49-45(31-7-3-1-4-8-31)53-47(51)39-25-17-29-13-21-35-33(19-11-27-15-23-37(39)43(29)41(27)35)34-20-12-28-16-24-38-40(26-18-30-14-22-36(34)42(28)44(30)38)48(52)54-46(50)32-9-5-2-6-10-32;1-3-2/h1-26,49-52H;3H,1H2,2H3. The smallest absolute Gasteiger partial charge is 0.101 e. The predicted molar refractivity (Wildman–Crippen MR) is 251 cm³/mol. The van der Waals surface area contributed by atoms with Crippen molar-refractivity contribution in [2.45, 2.75) is 6.92 Å². The quantitative estimate of drug-likeness (QED) is 0.0607. The van der Waals surface area contributed by atoms with Gasteiger partial charge in [0.15, 0.2) is 0 Å². The lowest BCUT2D eigenvalue weighted by Crippen LogP contribution is -2.02. The van der Waals surface area contributed by atoms with E-state index in [1.54, 1.807) is 6.08 Å². The van der Waals surface area contributed by atoms with Crippen LogP contribution in [0.15, 0.2) is 170 Å². The van der Waals surface area contributed by atoms with Gasteiger partial charge in [-0.05, 0) is 82.7 Å². The van der Waals surface area contributed by atoms with Crippen molar-refractivity contribution in [3.63, 3.8) is 0 Å². The molecular weight excluding hydrogens is 733 g/mol. The van der Waals surface area contributed by atoms with Crippen molar-refractivity contribution in [1.29, 1.82) is 21.6 Å². The molecule has 0 spiro atoms. The van der Waals surface area contributed by atoms with E-state index < -0.39 is 0 Å². The molecule has 0 saturated carbocycles. The summed E-state index contributed by atoms with van der Waals surface area (Å²) in [5.41, 5.74) is 5.56. The molecule has 0 amide bonds. The molecule has 0 heterocycles. The molecule has 57 heavy (non-hydrogen) atoms. The first-order valence-corrected chi connectivity index (χ1v) is 20.3. The maximum atomic E-state index is 9.11. The Balaban J connectivity index is 0.00000137. The molecular formula is C51H36N4S2. The molecule has 0 fully saturated rings. The van der Waals surface area contributed by atoms with E-state index in [0.29, 0.717) is 20.2 Å². The van der Waals surface area contributed by atoms with Crippen LogP contribution < -0.4 is 0 Å². The van der Waals surface area contributed by atoms with Gasteiger partial charge in [0, 0.05) is 22.3 Å². The van der Waals surface area contributed by atoms with Crippen molar-refractivity contribution in [1.82, 2.24) is 0 Å². The molecule has 10 aromatic carbocycles. The van der Waals surface area contributed by atoms with Crippen molar-refractivity contribution in [3.05, 3.63) is 193 Å². The van der Waals surface area contributed by atoms with Gasteiger partial charge < -0.3 is 0 Å². The Hall–Kier alpha value is -6.60. The van der Waals surface area contributed by atoms with Gasteiger partial charge >= 0.3 is 0 Å². The zero-order valence-electron chi connectivity index (χ0n) is 31.1. The molecule has 0 aliphatic carbocycles. The Kier molecular flexibility index (Phi) is 9.37. The van der Waals surface area contributed by atoms with Crippen LogP contribution in [0.2, 0.25) is 0 Å². The summed E-state index contributed by atoms with van der Waals surface area (Å²) < 4.78 is 0. The molecule has 0 saturated heterocycles. The van der Waals surface area contributed by atoms with Gasteiger partial charge in [0.1, 0.15) is 20.2 Å². The number of allylic oxidation sites excluding steroid dienone is 1. The van der Waals surface area contributed by atoms with Crippen molar-refractivity contribution in [2.75, 3.05) is 0 Å². The second-order valence-corrected chi connectivity index (χ2v) is 16.0. The van der Waals surface area contributed by atoms with Crippen molar-refractivity contribution in [3.8, 4) is 11.1 Å². The summed E-state index contributed by atoms with van der Waals surface area (Å²) in [5.74, 6) is 0. The van der Waals surface area contributed by atoms with Gasteiger partial charge in [-0.15, -0.1) is 6.58 Å². The van der Waals surface area contributed by atoms with Gasteiger partial charge in [-0.1, -0.05) is 187 Å². The molecule has 0 aliphatic rings. The highest BCUT2D eigenvalue weighted by Gasteiger charge is 2.20. The number of nitrogens with one attached hydrogen (secondary N) is 4. The van der Waals surface area contributed by atoms with E-state index in [1.807, 2.05) is 79.7 Å². The molecule has 0 aliphatic heterocycles. The highest BCUT2D eigenvalue weighted by atomic mass is 32.2. The van der Waals surface area contributed by atoms with Crippen molar-refractivity contribution >= 4 is 108 Å². The zero-order valence-corrected chi connectivity index (χ0v) is 32.7. The Morgan fingerprint density at radius 1 is 0.386 bits per heavy atom. The van der Waals surface area contributed by atoms with E-state index in [2.05, 4.69) is 91.5 Å². The number of hydrogen-bond donors (Lipinski definition) is 4. The van der Waals surface area contributed by atoms with Crippen LogP contribution >= 0.6 is 23.5 Å². The Morgan fingerprint density at radius 3 is 1.05 bits per heavy atom. The third-order valence-electron chi connectivity index (χ3n) is 10.6. The van der Waals surface area contributed by atoms with Crippen molar-refractivity contribution in [2.24, 2.45) is 0 Å². The van der Waals surface area contributed by atoms with E-state index >= 15 is 0 Å². The lowest BCUT2D eigenvalue weighted by molar-refractivity contribution is 1.52. The molecule has 0 radical (unpaired) electrons. The molecule has 10 aromatic rings. The van der Waals surface area contributed by atoms with E-state index in [9.17, 15) is 0 Å². The van der Waals surface area contributed by atoms with Gasteiger partial charge in [0.05, 0.1) is 0 Å². The first-order chi connectivity index (χ1) is 27.9. The van der Waals surface area contributed by atoms with Gasteiger partial charge in [0.25, 0.3) is 0 Å². The lowest BCUT2D eigenvalue weighted by Gasteiger charge is -2.19. The van der Waals surface area contributed by atoms with Crippen molar-refractivity contribution < 1.29 is 0 Å². The third-order valence-corrected chi connectivity index (χ3v) is 12.3. The molecule has 4 N–H and O–H groups in total. The predicted octanol–water partition coefficient (Wildman–Crippen LogP) is 14.5. The molecule has 0 bridgehead atoms. The minimum atomic E-state index is 0.358. The number of thioether (sulfide) groups is 2. The summed E-state index contributed by atoms with van der Waals surface area (Å²) >= 11 is 2.37. The number of rotatable bonds is 5. The van der Waals surface area contributed by atoms with E-state index in [0.717, 1.165) is 87.2 Å². The summed E-state index contributed by atoms with van der Waals surface area (Å²) in [4.78, 5) is 0. The topological polar surface area (TPSA) is 95.4 Å². The van der Waals surface area contributed by atoms with E-state index in [4.69, 9.17) is 21.6 Å². The Labute approximate surface area is 339 Å². The van der Waals surface area contributed by atoms with Crippen LogP contribution in [0.4, 0.5) is 0 Å². The average molecular weight is 769 g/mol. The van der Waals surface area contributed by atoms with Crippen LogP contribution in [0.3, 0.4) is 0 Å². The van der Waals surface area contributed by atoms with Crippen LogP contribution in [0.1, 0.15) is 29.2 Å². The first-order valence-electron chi connectivity index (χ1n) is 18.7. The summed E-state index contributed by atoms with van der Waals surface area (Å²) in [6.45, 7) is 5.25. The molecule has 0 atom stereocenters. The number of hydrogen-bond acceptors (Lipinski definition) is 6. The minimum absolute atomic E-state index is 0.358. The minimum Gasteiger partial charge on any atom is -0.293 e. The maximum absolute atomic E-state index is 9.11. The monoisotopic (exact) mass is 768 g/mol. The fraction of sp³-hybridized carbons (Fsp3) is 0.0196. The van der Waals surface area contributed by atoms with E-state index in [-0.39, 0.29) is 0 Å². The van der Waals surface area contributed by atoms with E-state index in [1.165, 1.54) is 34.3 Å². The molecule has 272 valence electrons. The molecule has 6 heteroatoms. The maximum Gasteiger partial charge on any atom is 0.101 e. The second kappa shape index (κ2) is 14.8. The average Bonchev–Trinajstić information content (AvgIpc) is 3.25. The fourth-order valence-corrected chi connectivity index (χ4v) is 9.57. The Morgan fingerprint density at radius 2 is 0.684 bits per heavy atom. The highest BCUT2D eigenvalue weighted by molar-refractivity contribution is 8.27. The molecule has 0 unspecified atom stereocenters. The van der Waals surface area contributed by atoms with Crippen LogP contribution in [-0.2, 0) is 0 Å². The van der Waals surface area contributed by atoms with Crippen LogP contribution in [0.5, 0.6) is 0 Å². The SMILES string of the molecule is C=CC.N=C(SC(=N)c1ccc2ccc3c(-c4ccc5ccc6c(C(=N)SC(=N)c7ccccc7)ccc7ccc4c5c76)ccc4ccc1c2c43)c1ccccc1.